The molecule has 0 bridgehead atoms. The van der Waals surface area contributed by atoms with Gasteiger partial charge in [0.1, 0.15) is 0 Å². The Morgan fingerprint density at radius 3 is 1.28 bits per heavy atom. The molecule has 5 heteroatoms. The fraction of sp³-hybridized carbons (Fsp3) is 1.00. The maximum atomic E-state index is 5.52. The Balaban J connectivity index is 2.00. The third-order valence-corrected chi connectivity index (χ3v) is 2.77. The highest BCUT2D eigenvalue weighted by atomic mass is 16.5. The van der Waals surface area contributed by atoms with Crippen molar-refractivity contribution in [3.8, 4) is 0 Å². The molecule has 0 aliphatic carbocycles. The molecule has 1 fully saturated rings. The Bertz CT molecular complexity index is 95.3. The molecule has 1 saturated heterocycles. The van der Waals surface area contributed by atoms with E-state index in [-0.39, 0.29) is 0 Å². The molecule has 0 aromatic rings. The third kappa shape index (κ3) is 10.9. The topological polar surface area (TPSA) is 51.8 Å². The van der Waals surface area contributed by atoms with Gasteiger partial charge in [0.25, 0.3) is 0 Å². The second-order valence-electron chi connectivity index (χ2n) is 4.40. The van der Waals surface area contributed by atoms with Crippen LogP contribution in [0, 0.1) is 0 Å². The maximum absolute atomic E-state index is 5.52. The molecule has 1 aliphatic heterocycles. The van der Waals surface area contributed by atoms with Crippen molar-refractivity contribution in [2.75, 3.05) is 65.8 Å². The lowest BCUT2D eigenvalue weighted by atomic mass is 10.2. The minimum atomic E-state index is 0.762. The summed E-state index contributed by atoms with van der Waals surface area (Å²) in [7, 11) is 0. The highest BCUT2D eigenvalue weighted by Crippen LogP contribution is 1.96. The normalized spacial score (nSPS) is 24.0. The second-order valence-corrected chi connectivity index (χ2v) is 4.40. The van der Waals surface area contributed by atoms with Crippen molar-refractivity contribution in [1.82, 2.24) is 10.6 Å². The molecule has 108 valence electrons. The molecule has 0 aromatic carbocycles. The SMILES string of the molecule is C1CCOCCNCCOCCNCCOCC1. The Labute approximate surface area is 111 Å². The quantitative estimate of drug-likeness (QED) is 0.660. The first-order valence-corrected chi connectivity index (χ1v) is 7.15. The van der Waals surface area contributed by atoms with Crippen LogP contribution in [0.3, 0.4) is 0 Å². The number of hydrogen-bond acceptors (Lipinski definition) is 5. The number of nitrogens with one attached hydrogen (secondary N) is 2. The van der Waals surface area contributed by atoms with Crippen molar-refractivity contribution in [2.24, 2.45) is 0 Å². The van der Waals surface area contributed by atoms with Gasteiger partial charge in [0.15, 0.2) is 0 Å². The molecular formula is C13H28N2O3. The highest BCUT2D eigenvalue weighted by molar-refractivity contribution is 4.49. The summed E-state index contributed by atoms with van der Waals surface area (Å²) in [5, 5.41) is 6.60. The van der Waals surface area contributed by atoms with E-state index in [0.717, 1.165) is 78.7 Å². The van der Waals surface area contributed by atoms with E-state index in [1.54, 1.807) is 0 Å². The van der Waals surface area contributed by atoms with Gasteiger partial charge >= 0.3 is 0 Å². The summed E-state index contributed by atoms with van der Waals surface area (Å²) in [6, 6.07) is 0. The fourth-order valence-corrected chi connectivity index (χ4v) is 1.72. The maximum Gasteiger partial charge on any atom is 0.0591 e. The highest BCUT2D eigenvalue weighted by Gasteiger charge is 1.94. The van der Waals surface area contributed by atoms with E-state index >= 15 is 0 Å². The van der Waals surface area contributed by atoms with Crippen molar-refractivity contribution >= 4 is 0 Å². The van der Waals surface area contributed by atoms with Gasteiger partial charge in [0.05, 0.1) is 26.4 Å². The molecule has 0 spiro atoms. The molecule has 0 atom stereocenters. The van der Waals surface area contributed by atoms with Crippen LogP contribution in [-0.4, -0.2) is 65.8 Å². The van der Waals surface area contributed by atoms with Crippen LogP contribution in [0.4, 0.5) is 0 Å². The van der Waals surface area contributed by atoms with Crippen LogP contribution in [0.1, 0.15) is 19.3 Å². The molecule has 0 radical (unpaired) electrons. The van der Waals surface area contributed by atoms with Crippen LogP contribution in [0.15, 0.2) is 0 Å². The Kier molecular flexibility index (Phi) is 11.7. The number of rotatable bonds is 0. The Morgan fingerprint density at radius 2 is 0.833 bits per heavy atom. The summed E-state index contributed by atoms with van der Waals surface area (Å²) in [6.45, 7) is 8.43. The monoisotopic (exact) mass is 260 g/mol. The van der Waals surface area contributed by atoms with E-state index in [1.165, 1.54) is 6.42 Å². The first kappa shape index (κ1) is 15.9. The molecule has 5 nitrogen and oxygen atoms in total. The zero-order valence-corrected chi connectivity index (χ0v) is 11.4. The molecule has 0 aromatic heterocycles. The van der Waals surface area contributed by atoms with E-state index < -0.39 is 0 Å². The second kappa shape index (κ2) is 13.2. The first-order valence-electron chi connectivity index (χ1n) is 7.15. The smallest absolute Gasteiger partial charge is 0.0591 e. The van der Waals surface area contributed by atoms with Gasteiger partial charge < -0.3 is 24.8 Å². The van der Waals surface area contributed by atoms with Crippen molar-refractivity contribution in [3.05, 3.63) is 0 Å². The van der Waals surface area contributed by atoms with Crippen LogP contribution in [0.25, 0.3) is 0 Å². The number of hydrogen-bond donors (Lipinski definition) is 2. The average Bonchev–Trinajstić information content (AvgIpc) is 2.39. The van der Waals surface area contributed by atoms with Gasteiger partial charge in [-0.3, -0.25) is 0 Å². The first-order chi connectivity index (χ1) is 9.00. The van der Waals surface area contributed by atoms with E-state index in [0.29, 0.717) is 0 Å². The lowest BCUT2D eigenvalue weighted by molar-refractivity contribution is 0.105. The zero-order valence-electron chi connectivity index (χ0n) is 11.4. The van der Waals surface area contributed by atoms with Crippen LogP contribution in [0.5, 0.6) is 0 Å². The van der Waals surface area contributed by atoms with Gasteiger partial charge in [0, 0.05) is 39.4 Å². The molecular weight excluding hydrogens is 232 g/mol. The minimum absolute atomic E-state index is 0.762. The lowest BCUT2D eigenvalue weighted by Crippen LogP contribution is -2.27. The van der Waals surface area contributed by atoms with Crippen LogP contribution in [0.2, 0.25) is 0 Å². The predicted molar refractivity (Wildman–Crippen MR) is 72.0 cm³/mol. The summed E-state index contributed by atoms with van der Waals surface area (Å²) in [6.07, 6.45) is 3.45. The van der Waals surface area contributed by atoms with Gasteiger partial charge in [-0.05, 0) is 19.3 Å². The molecule has 1 heterocycles. The summed E-state index contributed by atoms with van der Waals surface area (Å²) in [5.41, 5.74) is 0. The summed E-state index contributed by atoms with van der Waals surface area (Å²) < 4.78 is 16.5. The number of ether oxygens (including phenoxy) is 3. The van der Waals surface area contributed by atoms with E-state index in [2.05, 4.69) is 10.6 Å². The Hall–Kier alpha value is -0.200. The van der Waals surface area contributed by atoms with E-state index in [9.17, 15) is 0 Å². The Morgan fingerprint density at radius 1 is 0.444 bits per heavy atom. The van der Waals surface area contributed by atoms with Crippen molar-refractivity contribution in [3.63, 3.8) is 0 Å². The van der Waals surface area contributed by atoms with Crippen molar-refractivity contribution in [1.29, 1.82) is 0 Å². The van der Waals surface area contributed by atoms with E-state index in [4.69, 9.17) is 14.2 Å². The molecule has 2 N–H and O–H groups in total. The summed E-state index contributed by atoms with van der Waals surface area (Å²) in [4.78, 5) is 0. The molecule has 18 heavy (non-hydrogen) atoms. The average molecular weight is 260 g/mol. The van der Waals surface area contributed by atoms with E-state index in [1.807, 2.05) is 0 Å². The molecule has 1 rings (SSSR count). The fourth-order valence-electron chi connectivity index (χ4n) is 1.72. The van der Waals surface area contributed by atoms with Crippen LogP contribution < -0.4 is 10.6 Å². The molecule has 0 saturated carbocycles. The molecule has 0 unspecified atom stereocenters. The van der Waals surface area contributed by atoms with Crippen molar-refractivity contribution in [2.45, 2.75) is 19.3 Å². The lowest BCUT2D eigenvalue weighted by Gasteiger charge is -2.09. The van der Waals surface area contributed by atoms with Crippen LogP contribution in [-0.2, 0) is 14.2 Å². The van der Waals surface area contributed by atoms with Gasteiger partial charge in [0.2, 0.25) is 0 Å². The van der Waals surface area contributed by atoms with Crippen molar-refractivity contribution < 1.29 is 14.2 Å². The largest absolute Gasteiger partial charge is 0.380 e. The predicted octanol–water partition coefficient (Wildman–Crippen LogP) is 0.399. The van der Waals surface area contributed by atoms with Gasteiger partial charge in [-0.15, -0.1) is 0 Å². The summed E-state index contributed by atoms with van der Waals surface area (Å²) >= 11 is 0. The molecule has 1 aliphatic rings. The van der Waals surface area contributed by atoms with Gasteiger partial charge in [-0.1, -0.05) is 0 Å². The van der Waals surface area contributed by atoms with Gasteiger partial charge in [-0.25, -0.2) is 0 Å². The van der Waals surface area contributed by atoms with Crippen LogP contribution >= 0.6 is 0 Å². The molecule has 0 amide bonds. The van der Waals surface area contributed by atoms with Gasteiger partial charge in [-0.2, -0.15) is 0 Å². The standard InChI is InChI=1S/C13H28N2O3/c1-2-8-16-10-4-14-6-12-18-13-7-15-5-11-17-9-3-1/h14-15H,1-13H2. The summed E-state index contributed by atoms with van der Waals surface area (Å²) in [5.74, 6) is 0. The minimum Gasteiger partial charge on any atom is -0.380 e. The zero-order chi connectivity index (χ0) is 12.7. The third-order valence-electron chi connectivity index (χ3n) is 2.77.